The van der Waals surface area contributed by atoms with E-state index in [4.69, 9.17) is 16.3 Å². The zero-order valence-corrected chi connectivity index (χ0v) is 11.5. The van der Waals surface area contributed by atoms with Crippen LogP contribution < -0.4 is 15.4 Å². The minimum atomic E-state index is 0.802. The number of methoxy groups -OCH3 is 1. The van der Waals surface area contributed by atoms with Crippen LogP contribution in [0.2, 0.25) is 5.02 Å². The van der Waals surface area contributed by atoms with Gasteiger partial charge in [0.25, 0.3) is 0 Å². The highest BCUT2D eigenvalue weighted by atomic mass is 35.5. The Hall–Kier alpha value is -0.770. The summed E-state index contributed by atoms with van der Waals surface area (Å²) >= 11 is 6.12. The third-order valence-electron chi connectivity index (χ3n) is 2.68. The quantitative estimate of drug-likeness (QED) is 0.733. The van der Waals surface area contributed by atoms with Crippen LogP contribution >= 0.6 is 11.6 Å². The summed E-state index contributed by atoms with van der Waals surface area (Å²) < 4.78 is 5.36. The number of ether oxygens (including phenoxy) is 1. The number of aryl methyl sites for hydroxylation is 1. The summed E-state index contributed by atoms with van der Waals surface area (Å²) in [6.45, 7) is 4.86. The van der Waals surface area contributed by atoms with Crippen LogP contribution in [0, 0.1) is 6.92 Å². The maximum absolute atomic E-state index is 6.12. The molecule has 0 aromatic heterocycles. The van der Waals surface area contributed by atoms with Gasteiger partial charge in [-0.3, -0.25) is 0 Å². The molecule has 0 amide bonds. The van der Waals surface area contributed by atoms with E-state index in [1.807, 2.05) is 26.1 Å². The summed E-state index contributed by atoms with van der Waals surface area (Å²) in [6.07, 6.45) is 0.923. The van der Waals surface area contributed by atoms with Gasteiger partial charge in [-0.25, -0.2) is 0 Å². The third kappa shape index (κ3) is 4.54. The summed E-state index contributed by atoms with van der Waals surface area (Å²) in [4.78, 5) is 0. The minimum Gasteiger partial charge on any atom is -0.496 e. The molecule has 0 bridgehead atoms. The molecule has 0 aliphatic carbocycles. The fraction of sp³-hybridized carbons (Fsp3) is 0.538. The molecule has 0 fully saturated rings. The minimum absolute atomic E-state index is 0.802. The first-order chi connectivity index (χ1) is 8.19. The van der Waals surface area contributed by atoms with Gasteiger partial charge in [-0.1, -0.05) is 11.6 Å². The lowest BCUT2D eigenvalue weighted by Crippen LogP contribution is -2.26. The molecule has 0 unspecified atom stereocenters. The molecule has 1 rings (SSSR count). The first-order valence-corrected chi connectivity index (χ1v) is 6.25. The molecule has 1 aromatic carbocycles. The Morgan fingerprint density at radius 2 is 2.00 bits per heavy atom. The molecule has 17 heavy (non-hydrogen) atoms. The van der Waals surface area contributed by atoms with Crippen molar-refractivity contribution in [2.75, 3.05) is 33.8 Å². The Morgan fingerprint density at radius 3 is 2.65 bits per heavy atom. The number of likely N-dealkylation sites (N-methyl/N-ethyl adjacent to an activating group) is 1. The van der Waals surface area contributed by atoms with E-state index >= 15 is 0 Å². The van der Waals surface area contributed by atoms with E-state index in [1.165, 1.54) is 0 Å². The zero-order chi connectivity index (χ0) is 12.7. The second-order valence-corrected chi connectivity index (χ2v) is 4.42. The van der Waals surface area contributed by atoms with Crippen molar-refractivity contribution >= 4 is 11.6 Å². The highest BCUT2D eigenvalue weighted by Crippen LogP contribution is 2.26. The SMILES string of the molecule is CNCCNCCc1cc(Cl)c(C)cc1OC. The van der Waals surface area contributed by atoms with Gasteiger partial charge in [0.05, 0.1) is 7.11 Å². The molecule has 0 radical (unpaired) electrons. The Kier molecular flexibility index (Phi) is 6.34. The molecule has 0 aliphatic heterocycles. The summed E-state index contributed by atoms with van der Waals surface area (Å²) in [6, 6.07) is 3.99. The van der Waals surface area contributed by atoms with Crippen molar-refractivity contribution in [3.63, 3.8) is 0 Å². The van der Waals surface area contributed by atoms with Gasteiger partial charge in [-0.05, 0) is 50.2 Å². The van der Waals surface area contributed by atoms with E-state index in [-0.39, 0.29) is 0 Å². The van der Waals surface area contributed by atoms with Gasteiger partial charge in [0, 0.05) is 18.1 Å². The lowest BCUT2D eigenvalue weighted by molar-refractivity contribution is 0.409. The molecule has 1 aromatic rings. The Balaban J connectivity index is 2.54. The fourth-order valence-electron chi connectivity index (χ4n) is 1.64. The predicted octanol–water partition coefficient (Wildman–Crippen LogP) is 2.01. The number of hydrogen-bond donors (Lipinski definition) is 2. The van der Waals surface area contributed by atoms with E-state index in [0.29, 0.717) is 0 Å². The summed E-state index contributed by atoms with van der Waals surface area (Å²) in [7, 11) is 3.64. The summed E-state index contributed by atoms with van der Waals surface area (Å²) in [5, 5.41) is 7.26. The van der Waals surface area contributed by atoms with E-state index in [9.17, 15) is 0 Å². The fourth-order valence-corrected chi connectivity index (χ4v) is 1.83. The first kappa shape index (κ1) is 14.3. The molecule has 0 saturated heterocycles. The number of benzene rings is 1. The van der Waals surface area contributed by atoms with Crippen LogP contribution in [0.5, 0.6) is 5.75 Å². The van der Waals surface area contributed by atoms with E-state index in [2.05, 4.69) is 10.6 Å². The molecular formula is C13H21ClN2O. The highest BCUT2D eigenvalue weighted by Gasteiger charge is 2.06. The molecule has 2 N–H and O–H groups in total. The van der Waals surface area contributed by atoms with E-state index in [1.54, 1.807) is 7.11 Å². The molecule has 0 spiro atoms. The van der Waals surface area contributed by atoms with E-state index in [0.717, 1.165) is 48.0 Å². The predicted molar refractivity (Wildman–Crippen MR) is 73.2 cm³/mol. The topological polar surface area (TPSA) is 33.3 Å². The Morgan fingerprint density at radius 1 is 1.24 bits per heavy atom. The molecular weight excluding hydrogens is 236 g/mol. The standard InChI is InChI=1S/C13H21ClN2O/c1-10-8-13(17-3)11(9-12(10)14)4-5-16-7-6-15-2/h8-9,15-16H,4-7H2,1-3H3. The van der Waals surface area contributed by atoms with Crippen molar-refractivity contribution in [3.8, 4) is 5.75 Å². The van der Waals surface area contributed by atoms with Gasteiger partial charge in [0.1, 0.15) is 5.75 Å². The molecule has 4 heteroatoms. The van der Waals surface area contributed by atoms with Crippen LogP contribution in [0.4, 0.5) is 0 Å². The lowest BCUT2D eigenvalue weighted by Gasteiger charge is -2.11. The third-order valence-corrected chi connectivity index (χ3v) is 3.09. The van der Waals surface area contributed by atoms with Crippen LogP contribution in [0.1, 0.15) is 11.1 Å². The largest absolute Gasteiger partial charge is 0.496 e. The Labute approximate surface area is 109 Å². The first-order valence-electron chi connectivity index (χ1n) is 5.87. The highest BCUT2D eigenvalue weighted by molar-refractivity contribution is 6.31. The van der Waals surface area contributed by atoms with Crippen molar-refractivity contribution in [2.24, 2.45) is 0 Å². The molecule has 3 nitrogen and oxygen atoms in total. The van der Waals surface area contributed by atoms with Crippen molar-refractivity contribution in [1.82, 2.24) is 10.6 Å². The van der Waals surface area contributed by atoms with Crippen LogP contribution in [-0.2, 0) is 6.42 Å². The monoisotopic (exact) mass is 256 g/mol. The van der Waals surface area contributed by atoms with Crippen LogP contribution in [0.15, 0.2) is 12.1 Å². The second-order valence-electron chi connectivity index (χ2n) is 4.02. The van der Waals surface area contributed by atoms with Crippen molar-refractivity contribution in [2.45, 2.75) is 13.3 Å². The molecule has 0 aliphatic rings. The van der Waals surface area contributed by atoms with Gasteiger partial charge >= 0.3 is 0 Å². The summed E-state index contributed by atoms with van der Waals surface area (Å²) in [5.41, 5.74) is 2.20. The van der Waals surface area contributed by atoms with Gasteiger partial charge < -0.3 is 15.4 Å². The van der Waals surface area contributed by atoms with Crippen molar-refractivity contribution in [3.05, 3.63) is 28.3 Å². The number of rotatable bonds is 7. The lowest BCUT2D eigenvalue weighted by atomic mass is 10.1. The number of hydrogen-bond acceptors (Lipinski definition) is 3. The van der Waals surface area contributed by atoms with Crippen LogP contribution in [0.3, 0.4) is 0 Å². The average molecular weight is 257 g/mol. The summed E-state index contributed by atoms with van der Waals surface area (Å²) in [5.74, 6) is 0.919. The zero-order valence-electron chi connectivity index (χ0n) is 10.8. The molecule has 0 atom stereocenters. The van der Waals surface area contributed by atoms with Gasteiger partial charge in [-0.15, -0.1) is 0 Å². The smallest absolute Gasteiger partial charge is 0.122 e. The maximum atomic E-state index is 6.12. The second kappa shape index (κ2) is 7.54. The average Bonchev–Trinajstić information content (AvgIpc) is 2.33. The van der Waals surface area contributed by atoms with Gasteiger partial charge in [0.15, 0.2) is 0 Å². The number of halogens is 1. The van der Waals surface area contributed by atoms with Crippen LogP contribution in [0.25, 0.3) is 0 Å². The van der Waals surface area contributed by atoms with Gasteiger partial charge in [-0.2, -0.15) is 0 Å². The molecule has 0 saturated carbocycles. The normalized spacial score (nSPS) is 10.6. The van der Waals surface area contributed by atoms with E-state index < -0.39 is 0 Å². The molecule has 96 valence electrons. The Bertz CT molecular complexity index is 356. The molecule has 0 heterocycles. The van der Waals surface area contributed by atoms with Crippen molar-refractivity contribution < 1.29 is 4.74 Å². The van der Waals surface area contributed by atoms with Gasteiger partial charge in [0.2, 0.25) is 0 Å². The van der Waals surface area contributed by atoms with Crippen molar-refractivity contribution in [1.29, 1.82) is 0 Å². The maximum Gasteiger partial charge on any atom is 0.122 e. The number of nitrogens with one attached hydrogen (secondary N) is 2. The van der Waals surface area contributed by atoms with Crippen LogP contribution in [-0.4, -0.2) is 33.8 Å².